The van der Waals surface area contributed by atoms with Gasteiger partial charge in [0, 0.05) is 0 Å². The Kier molecular flexibility index (Phi) is 2.35. The lowest BCUT2D eigenvalue weighted by atomic mass is 9.88. The zero-order chi connectivity index (χ0) is 12.8. The molecule has 4 heteroatoms. The van der Waals surface area contributed by atoms with Crippen molar-refractivity contribution in [1.29, 1.82) is 0 Å². The molecule has 0 radical (unpaired) electrons. The molecule has 0 amide bonds. The van der Waals surface area contributed by atoms with E-state index in [9.17, 15) is 4.79 Å². The standard InChI is InChI=1S/C13H16O4/c1-12(2)13(3,4)17-10-7-8(11(14)15)5-6-9(10)16-12/h5-7H,1-4H3,(H,14,15). The average Bonchev–Trinajstić information content (AvgIpc) is 2.17. The molecule has 0 saturated heterocycles. The van der Waals surface area contributed by atoms with Crippen LogP contribution in [0.4, 0.5) is 0 Å². The second-order valence-electron chi connectivity index (χ2n) is 5.19. The topological polar surface area (TPSA) is 55.8 Å². The van der Waals surface area contributed by atoms with E-state index < -0.39 is 17.2 Å². The first-order chi connectivity index (χ1) is 7.73. The summed E-state index contributed by atoms with van der Waals surface area (Å²) in [5, 5.41) is 8.92. The van der Waals surface area contributed by atoms with Gasteiger partial charge in [0.1, 0.15) is 11.2 Å². The molecule has 1 N–H and O–H groups in total. The van der Waals surface area contributed by atoms with E-state index in [1.54, 1.807) is 6.07 Å². The molecule has 2 rings (SSSR count). The van der Waals surface area contributed by atoms with Crippen LogP contribution in [0.3, 0.4) is 0 Å². The normalized spacial score (nSPS) is 19.8. The van der Waals surface area contributed by atoms with Gasteiger partial charge in [-0.25, -0.2) is 4.79 Å². The Morgan fingerprint density at radius 3 is 2.12 bits per heavy atom. The molecule has 0 bridgehead atoms. The van der Waals surface area contributed by atoms with E-state index in [2.05, 4.69) is 0 Å². The maximum Gasteiger partial charge on any atom is 0.335 e. The Balaban J connectivity index is 2.47. The van der Waals surface area contributed by atoms with Gasteiger partial charge in [-0.3, -0.25) is 0 Å². The SMILES string of the molecule is CC1(C)Oc2ccc(C(=O)O)cc2OC1(C)C. The van der Waals surface area contributed by atoms with Crippen molar-refractivity contribution in [2.75, 3.05) is 0 Å². The Morgan fingerprint density at radius 1 is 1.06 bits per heavy atom. The number of fused-ring (bicyclic) bond motifs is 1. The monoisotopic (exact) mass is 236 g/mol. The highest BCUT2D eigenvalue weighted by Crippen LogP contribution is 2.43. The first-order valence-corrected chi connectivity index (χ1v) is 5.48. The van der Waals surface area contributed by atoms with Gasteiger partial charge in [-0.15, -0.1) is 0 Å². The number of rotatable bonds is 1. The number of hydrogen-bond donors (Lipinski definition) is 1. The minimum Gasteiger partial charge on any atom is -0.480 e. The second kappa shape index (κ2) is 3.39. The van der Waals surface area contributed by atoms with E-state index in [1.807, 2.05) is 27.7 Å². The Labute approximate surface area is 100 Å². The molecule has 1 aromatic carbocycles. The smallest absolute Gasteiger partial charge is 0.335 e. The fraction of sp³-hybridized carbons (Fsp3) is 0.462. The Hall–Kier alpha value is -1.71. The molecule has 4 nitrogen and oxygen atoms in total. The van der Waals surface area contributed by atoms with Crippen molar-refractivity contribution in [3.8, 4) is 11.5 Å². The van der Waals surface area contributed by atoms with Crippen LogP contribution >= 0.6 is 0 Å². The van der Waals surface area contributed by atoms with Crippen LogP contribution < -0.4 is 9.47 Å². The van der Waals surface area contributed by atoms with Crippen LogP contribution in [0.25, 0.3) is 0 Å². The van der Waals surface area contributed by atoms with Crippen LogP contribution in [0.2, 0.25) is 0 Å². The van der Waals surface area contributed by atoms with Gasteiger partial charge >= 0.3 is 5.97 Å². The van der Waals surface area contributed by atoms with Crippen LogP contribution in [0, 0.1) is 0 Å². The van der Waals surface area contributed by atoms with Crippen LogP contribution in [0.1, 0.15) is 38.1 Å². The van der Waals surface area contributed by atoms with E-state index in [0.717, 1.165) is 0 Å². The molecule has 0 fully saturated rings. The summed E-state index contributed by atoms with van der Waals surface area (Å²) >= 11 is 0. The summed E-state index contributed by atoms with van der Waals surface area (Å²) in [6, 6.07) is 4.64. The number of carboxylic acid groups (broad SMARTS) is 1. The first kappa shape index (κ1) is 11.8. The van der Waals surface area contributed by atoms with Crippen LogP contribution in [-0.4, -0.2) is 22.3 Å². The van der Waals surface area contributed by atoms with E-state index in [1.165, 1.54) is 12.1 Å². The second-order valence-corrected chi connectivity index (χ2v) is 5.19. The van der Waals surface area contributed by atoms with Crippen molar-refractivity contribution < 1.29 is 19.4 Å². The molecule has 17 heavy (non-hydrogen) atoms. The van der Waals surface area contributed by atoms with E-state index >= 15 is 0 Å². The third-order valence-electron chi connectivity index (χ3n) is 3.37. The Morgan fingerprint density at radius 2 is 1.59 bits per heavy atom. The van der Waals surface area contributed by atoms with Gasteiger partial charge in [0.15, 0.2) is 11.5 Å². The summed E-state index contributed by atoms with van der Waals surface area (Å²) in [6.45, 7) is 7.73. The van der Waals surface area contributed by atoms with Gasteiger partial charge < -0.3 is 14.6 Å². The Bertz CT molecular complexity index is 474. The highest BCUT2D eigenvalue weighted by atomic mass is 16.6. The van der Waals surface area contributed by atoms with Crippen molar-refractivity contribution in [2.24, 2.45) is 0 Å². The summed E-state index contributed by atoms with van der Waals surface area (Å²) in [5.74, 6) is 0.0904. The van der Waals surface area contributed by atoms with E-state index in [4.69, 9.17) is 14.6 Å². The third-order valence-corrected chi connectivity index (χ3v) is 3.37. The summed E-state index contributed by atoms with van der Waals surface area (Å²) in [4.78, 5) is 10.9. The number of aromatic carboxylic acids is 1. The third kappa shape index (κ3) is 1.84. The molecule has 0 unspecified atom stereocenters. The molecule has 0 aliphatic carbocycles. The average molecular weight is 236 g/mol. The zero-order valence-electron chi connectivity index (χ0n) is 10.4. The molecule has 1 aliphatic heterocycles. The molecule has 0 aromatic heterocycles. The maximum absolute atomic E-state index is 10.9. The number of carbonyl (C=O) groups is 1. The van der Waals surface area contributed by atoms with Crippen LogP contribution in [0.15, 0.2) is 18.2 Å². The van der Waals surface area contributed by atoms with Gasteiger partial charge in [-0.1, -0.05) is 0 Å². The maximum atomic E-state index is 10.9. The van der Waals surface area contributed by atoms with Crippen LogP contribution in [0.5, 0.6) is 11.5 Å². The minimum atomic E-state index is -0.973. The number of benzene rings is 1. The number of hydrogen-bond acceptors (Lipinski definition) is 3. The van der Waals surface area contributed by atoms with Crippen LogP contribution in [-0.2, 0) is 0 Å². The zero-order valence-corrected chi connectivity index (χ0v) is 10.4. The van der Waals surface area contributed by atoms with Gasteiger partial charge in [0.05, 0.1) is 5.56 Å². The van der Waals surface area contributed by atoms with Crippen molar-refractivity contribution >= 4 is 5.97 Å². The molecule has 1 aliphatic rings. The van der Waals surface area contributed by atoms with Gasteiger partial charge in [-0.2, -0.15) is 0 Å². The summed E-state index contributed by atoms with van der Waals surface area (Å²) in [6.07, 6.45) is 0. The fourth-order valence-electron chi connectivity index (χ4n) is 1.60. The molecule has 0 atom stereocenters. The minimum absolute atomic E-state index is 0.197. The van der Waals surface area contributed by atoms with E-state index in [-0.39, 0.29) is 5.56 Å². The summed E-state index contributed by atoms with van der Waals surface area (Å²) in [7, 11) is 0. The molecular weight excluding hydrogens is 220 g/mol. The highest BCUT2D eigenvalue weighted by Gasteiger charge is 2.45. The molecule has 0 spiro atoms. The molecule has 1 aromatic rings. The lowest BCUT2D eigenvalue weighted by molar-refractivity contribution is -0.0991. The molecule has 0 saturated carbocycles. The molecular formula is C13H16O4. The van der Waals surface area contributed by atoms with Crippen molar-refractivity contribution in [2.45, 2.75) is 38.9 Å². The lowest BCUT2D eigenvalue weighted by Gasteiger charge is -2.45. The number of carboxylic acids is 1. The van der Waals surface area contributed by atoms with Gasteiger partial charge in [0.25, 0.3) is 0 Å². The first-order valence-electron chi connectivity index (χ1n) is 5.48. The molecule has 92 valence electrons. The number of ether oxygens (including phenoxy) is 2. The quantitative estimate of drug-likeness (QED) is 0.814. The van der Waals surface area contributed by atoms with Gasteiger partial charge in [-0.05, 0) is 45.9 Å². The summed E-state index contributed by atoms with van der Waals surface area (Å²) in [5.41, 5.74) is -0.787. The van der Waals surface area contributed by atoms with Gasteiger partial charge in [0.2, 0.25) is 0 Å². The lowest BCUT2D eigenvalue weighted by Crippen LogP contribution is -2.56. The summed E-state index contributed by atoms with van der Waals surface area (Å²) < 4.78 is 11.7. The highest BCUT2D eigenvalue weighted by molar-refractivity contribution is 5.88. The van der Waals surface area contributed by atoms with E-state index in [0.29, 0.717) is 11.5 Å². The molecule has 1 heterocycles. The predicted octanol–water partition coefficient (Wildman–Crippen LogP) is 2.71. The van der Waals surface area contributed by atoms with Crippen molar-refractivity contribution in [3.05, 3.63) is 23.8 Å². The largest absolute Gasteiger partial charge is 0.480 e. The predicted molar refractivity (Wildman–Crippen MR) is 62.8 cm³/mol. The van der Waals surface area contributed by atoms with Crippen molar-refractivity contribution in [3.63, 3.8) is 0 Å². The fourth-order valence-corrected chi connectivity index (χ4v) is 1.60. The van der Waals surface area contributed by atoms with Crippen molar-refractivity contribution in [1.82, 2.24) is 0 Å².